The second kappa shape index (κ2) is 12.2. The molecule has 3 aromatic heterocycles. The Labute approximate surface area is 229 Å². The second-order valence-electron chi connectivity index (χ2n) is 8.04. The summed E-state index contributed by atoms with van der Waals surface area (Å²) in [5.74, 6) is -1.67. The number of halogens is 1. The average Bonchev–Trinajstić information content (AvgIpc) is 3.51. The van der Waals surface area contributed by atoms with E-state index in [1.165, 1.54) is 48.6 Å². The fourth-order valence-corrected chi connectivity index (χ4v) is 6.13. The first kappa shape index (κ1) is 27.2. The van der Waals surface area contributed by atoms with Crippen molar-refractivity contribution in [1.82, 2.24) is 20.0 Å². The van der Waals surface area contributed by atoms with E-state index in [9.17, 15) is 14.4 Å². The van der Waals surface area contributed by atoms with Crippen molar-refractivity contribution < 1.29 is 33.3 Å². The van der Waals surface area contributed by atoms with Crippen molar-refractivity contribution in [1.29, 1.82) is 0 Å². The predicted molar refractivity (Wildman–Crippen MR) is 137 cm³/mol. The van der Waals surface area contributed by atoms with Gasteiger partial charge < -0.3 is 18.9 Å². The first-order chi connectivity index (χ1) is 17.7. The van der Waals surface area contributed by atoms with Gasteiger partial charge in [0.05, 0.1) is 6.20 Å². The van der Waals surface area contributed by atoms with Crippen molar-refractivity contribution in [3.05, 3.63) is 46.0 Å². The molecule has 0 saturated carbocycles. The summed E-state index contributed by atoms with van der Waals surface area (Å²) in [6.45, 7) is 3.61. The van der Waals surface area contributed by atoms with Gasteiger partial charge in [-0.25, -0.2) is 4.68 Å². The van der Waals surface area contributed by atoms with E-state index >= 15 is 0 Å². The standard InChI is InChI=1S/C23H23BrN4O7S2/c1-12(29)32-10-19-21(33-13(2)30)20(28-9-18(26-27-28)15-4-5-36-11-15)22(34-14(3)31)23(35-19)37-17-6-16(24)7-25-8-17/h4-9,11,19-23H,10H2,1-3H3/t19-,20+,21+,22-,23-/m1/s1. The lowest BCUT2D eigenvalue weighted by atomic mass is 9.96. The minimum Gasteiger partial charge on any atom is -0.463 e. The SMILES string of the molecule is CC(=O)OC[C@H]1O[C@H](Sc2cncc(Br)c2)[C@H](OC(C)=O)[C@@H](n2cc(-c3ccsc3)nn2)[C@H]1OC(C)=O. The van der Waals surface area contributed by atoms with Gasteiger partial charge in [0.1, 0.15) is 29.9 Å². The molecule has 4 heterocycles. The quantitative estimate of drug-likeness (QED) is 0.273. The van der Waals surface area contributed by atoms with Gasteiger partial charge in [-0.1, -0.05) is 17.0 Å². The van der Waals surface area contributed by atoms with E-state index in [0.717, 1.165) is 14.9 Å². The van der Waals surface area contributed by atoms with E-state index in [-0.39, 0.29) is 6.61 Å². The molecule has 0 N–H and O–H groups in total. The lowest BCUT2D eigenvalue weighted by molar-refractivity contribution is -0.212. The zero-order valence-electron chi connectivity index (χ0n) is 20.0. The average molecular weight is 611 g/mol. The summed E-state index contributed by atoms with van der Waals surface area (Å²) in [5.41, 5.74) is 0.651. The Bertz CT molecular complexity index is 1260. The largest absolute Gasteiger partial charge is 0.463 e. The maximum Gasteiger partial charge on any atom is 0.303 e. The van der Waals surface area contributed by atoms with Crippen LogP contribution >= 0.6 is 39.0 Å². The van der Waals surface area contributed by atoms with Crippen LogP contribution < -0.4 is 0 Å². The Hall–Kier alpha value is -2.81. The van der Waals surface area contributed by atoms with Crippen LogP contribution in [0.2, 0.25) is 0 Å². The lowest BCUT2D eigenvalue weighted by Gasteiger charge is -2.44. The van der Waals surface area contributed by atoms with Gasteiger partial charge in [0.25, 0.3) is 0 Å². The van der Waals surface area contributed by atoms with E-state index in [2.05, 4.69) is 31.2 Å². The van der Waals surface area contributed by atoms with Gasteiger partial charge in [0.15, 0.2) is 12.2 Å². The summed E-state index contributed by atoms with van der Waals surface area (Å²) in [6, 6.07) is 2.89. The van der Waals surface area contributed by atoms with Crippen LogP contribution in [0.4, 0.5) is 0 Å². The van der Waals surface area contributed by atoms with Gasteiger partial charge >= 0.3 is 17.9 Å². The Morgan fingerprint density at radius 3 is 2.54 bits per heavy atom. The van der Waals surface area contributed by atoms with E-state index < -0.39 is 47.7 Å². The third-order valence-corrected chi connectivity index (χ3v) is 7.46. The molecule has 0 radical (unpaired) electrons. The molecule has 0 aromatic carbocycles. The number of thioether (sulfide) groups is 1. The summed E-state index contributed by atoms with van der Waals surface area (Å²) in [7, 11) is 0. The normalized spacial score (nSPS) is 23.3. The molecule has 37 heavy (non-hydrogen) atoms. The van der Waals surface area contributed by atoms with Crippen LogP contribution in [0.5, 0.6) is 0 Å². The van der Waals surface area contributed by atoms with Gasteiger partial charge in [-0.05, 0) is 33.4 Å². The van der Waals surface area contributed by atoms with Crippen molar-refractivity contribution >= 4 is 56.9 Å². The number of hydrogen-bond acceptors (Lipinski definition) is 12. The topological polar surface area (TPSA) is 132 Å². The summed E-state index contributed by atoms with van der Waals surface area (Å²) in [6.07, 6.45) is 2.10. The second-order valence-corrected chi connectivity index (χ2v) is 10.9. The summed E-state index contributed by atoms with van der Waals surface area (Å²) in [4.78, 5) is 40.9. The number of aromatic nitrogens is 4. The van der Waals surface area contributed by atoms with E-state index in [1.54, 1.807) is 18.6 Å². The fraction of sp³-hybridized carbons (Fsp3) is 0.391. The number of carbonyl (C=O) groups excluding carboxylic acids is 3. The van der Waals surface area contributed by atoms with Crippen LogP contribution in [0.15, 0.2) is 50.9 Å². The summed E-state index contributed by atoms with van der Waals surface area (Å²) >= 11 is 6.17. The Kier molecular flexibility index (Phi) is 8.95. The van der Waals surface area contributed by atoms with Crippen LogP contribution in [-0.2, 0) is 33.3 Å². The number of esters is 3. The van der Waals surface area contributed by atoms with Crippen molar-refractivity contribution in [3.63, 3.8) is 0 Å². The molecule has 11 nitrogen and oxygen atoms in total. The molecule has 0 amide bonds. The molecular weight excluding hydrogens is 588 g/mol. The molecule has 1 saturated heterocycles. The highest BCUT2D eigenvalue weighted by molar-refractivity contribution is 9.10. The zero-order chi connectivity index (χ0) is 26.5. The van der Waals surface area contributed by atoms with Crippen molar-refractivity contribution in [2.75, 3.05) is 6.61 Å². The Morgan fingerprint density at radius 1 is 1.14 bits per heavy atom. The highest BCUT2D eigenvalue weighted by Crippen LogP contribution is 2.41. The summed E-state index contributed by atoms with van der Waals surface area (Å²) < 4.78 is 25.2. The van der Waals surface area contributed by atoms with Gasteiger partial charge in [0.2, 0.25) is 0 Å². The Morgan fingerprint density at radius 2 is 1.89 bits per heavy atom. The molecule has 1 aliphatic heterocycles. The third-order valence-electron chi connectivity index (χ3n) is 5.24. The number of rotatable bonds is 8. The number of carbonyl (C=O) groups is 3. The molecule has 4 rings (SSSR count). The maximum absolute atomic E-state index is 12.2. The van der Waals surface area contributed by atoms with Gasteiger partial charge in [-0.2, -0.15) is 11.3 Å². The van der Waals surface area contributed by atoms with E-state index in [1.807, 2.05) is 22.9 Å². The van der Waals surface area contributed by atoms with Gasteiger partial charge in [0, 0.05) is 53.5 Å². The number of pyridine rings is 1. The predicted octanol–water partition coefficient (Wildman–Crippen LogP) is 3.65. The van der Waals surface area contributed by atoms with Crippen molar-refractivity contribution in [2.24, 2.45) is 0 Å². The summed E-state index contributed by atoms with van der Waals surface area (Å²) in [5, 5.41) is 12.4. The van der Waals surface area contributed by atoms with Crippen LogP contribution in [-0.4, -0.2) is 68.2 Å². The lowest BCUT2D eigenvalue weighted by Crippen LogP contribution is -2.57. The molecule has 0 unspecified atom stereocenters. The van der Waals surface area contributed by atoms with Gasteiger partial charge in [-0.15, -0.1) is 5.10 Å². The molecule has 196 valence electrons. The molecule has 14 heteroatoms. The Balaban J connectivity index is 1.78. The molecule has 3 aromatic rings. The van der Waals surface area contributed by atoms with Crippen LogP contribution in [0.25, 0.3) is 11.3 Å². The van der Waals surface area contributed by atoms with Crippen molar-refractivity contribution in [2.45, 2.75) is 55.5 Å². The molecule has 0 spiro atoms. The monoisotopic (exact) mass is 610 g/mol. The highest BCUT2D eigenvalue weighted by atomic mass is 79.9. The number of thiophene rings is 1. The smallest absolute Gasteiger partial charge is 0.303 e. The third kappa shape index (κ3) is 6.94. The first-order valence-corrected chi connectivity index (χ1v) is 13.7. The number of hydrogen-bond donors (Lipinski definition) is 0. The van der Waals surface area contributed by atoms with E-state index in [4.69, 9.17) is 18.9 Å². The van der Waals surface area contributed by atoms with Crippen molar-refractivity contribution in [3.8, 4) is 11.3 Å². The molecule has 1 aliphatic rings. The minimum atomic E-state index is -1.02. The molecule has 0 aliphatic carbocycles. The number of ether oxygens (including phenoxy) is 4. The van der Waals surface area contributed by atoms with Gasteiger partial charge in [-0.3, -0.25) is 19.4 Å². The highest BCUT2D eigenvalue weighted by Gasteiger charge is 2.52. The number of nitrogens with zero attached hydrogens (tertiary/aromatic N) is 4. The zero-order valence-corrected chi connectivity index (χ0v) is 23.2. The molecule has 0 bridgehead atoms. The van der Waals surface area contributed by atoms with Crippen LogP contribution in [0.1, 0.15) is 26.8 Å². The fourth-order valence-electron chi connectivity index (χ4n) is 3.83. The van der Waals surface area contributed by atoms with Crippen LogP contribution in [0, 0.1) is 0 Å². The maximum atomic E-state index is 12.2. The molecule has 5 atom stereocenters. The van der Waals surface area contributed by atoms with E-state index in [0.29, 0.717) is 5.69 Å². The minimum absolute atomic E-state index is 0.198. The van der Waals surface area contributed by atoms with Crippen LogP contribution in [0.3, 0.4) is 0 Å². The first-order valence-electron chi connectivity index (χ1n) is 11.1. The molecule has 1 fully saturated rings. The molecular formula is C23H23BrN4O7S2.